The molecule has 0 radical (unpaired) electrons. The lowest BCUT2D eigenvalue weighted by atomic mass is 9.96. The number of benzene rings is 1. The van der Waals surface area contributed by atoms with Crippen LogP contribution in [0, 0.1) is 6.92 Å². The summed E-state index contributed by atoms with van der Waals surface area (Å²) in [5.74, 6) is 0.447. The van der Waals surface area contributed by atoms with E-state index in [0.29, 0.717) is 17.8 Å². The highest BCUT2D eigenvalue weighted by molar-refractivity contribution is 9.10. The molecule has 1 aliphatic rings. The van der Waals surface area contributed by atoms with Gasteiger partial charge in [0.15, 0.2) is 0 Å². The number of phenols is 1. The molecule has 2 nitrogen and oxygen atoms in total. The number of aromatic hydroxyl groups is 1. The minimum atomic E-state index is 0.447. The van der Waals surface area contributed by atoms with Crippen LogP contribution in [-0.2, 0) is 6.54 Å². The van der Waals surface area contributed by atoms with Gasteiger partial charge in [-0.15, -0.1) is 0 Å². The number of rotatable bonds is 2. The van der Waals surface area contributed by atoms with Crippen molar-refractivity contribution in [3.8, 4) is 5.75 Å². The maximum atomic E-state index is 10.2. The van der Waals surface area contributed by atoms with Gasteiger partial charge in [-0.2, -0.15) is 0 Å². The van der Waals surface area contributed by atoms with Crippen LogP contribution < -0.4 is 0 Å². The summed E-state index contributed by atoms with van der Waals surface area (Å²) in [5, 5.41) is 10.2. The first-order chi connectivity index (χ1) is 8.49. The smallest absolute Gasteiger partial charge is 0.123 e. The number of nitrogens with zero attached hydrogens (tertiary/aromatic N) is 1. The van der Waals surface area contributed by atoms with Crippen molar-refractivity contribution < 1.29 is 5.11 Å². The summed E-state index contributed by atoms with van der Waals surface area (Å²) in [6, 6.07) is 5.21. The SMILES string of the molecule is Cc1cc(Br)cc(CN2C(C)CCCC2C)c1O. The molecule has 2 unspecified atom stereocenters. The molecule has 1 aromatic rings. The van der Waals surface area contributed by atoms with Crippen LogP contribution in [0.1, 0.15) is 44.2 Å². The Hall–Kier alpha value is -0.540. The molecule has 2 atom stereocenters. The topological polar surface area (TPSA) is 23.5 Å². The molecule has 18 heavy (non-hydrogen) atoms. The highest BCUT2D eigenvalue weighted by atomic mass is 79.9. The lowest BCUT2D eigenvalue weighted by Gasteiger charge is -2.39. The molecular weight excluding hydrogens is 290 g/mol. The van der Waals surface area contributed by atoms with Crippen molar-refractivity contribution in [1.82, 2.24) is 4.90 Å². The van der Waals surface area contributed by atoms with Gasteiger partial charge in [-0.3, -0.25) is 4.90 Å². The van der Waals surface area contributed by atoms with Gasteiger partial charge in [0.2, 0.25) is 0 Å². The lowest BCUT2D eigenvalue weighted by Crippen LogP contribution is -2.42. The van der Waals surface area contributed by atoms with Crippen LogP contribution in [-0.4, -0.2) is 22.1 Å². The molecule has 1 fully saturated rings. The van der Waals surface area contributed by atoms with E-state index in [1.54, 1.807) is 0 Å². The number of phenolic OH excluding ortho intramolecular Hbond substituents is 1. The molecule has 1 aliphatic heterocycles. The van der Waals surface area contributed by atoms with Crippen molar-refractivity contribution in [2.75, 3.05) is 0 Å². The van der Waals surface area contributed by atoms with Crippen LogP contribution in [0.15, 0.2) is 16.6 Å². The second-order valence-corrected chi connectivity index (χ2v) is 6.45. The predicted octanol–water partition coefficient (Wildman–Crippen LogP) is 4.23. The Balaban J connectivity index is 2.22. The largest absolute Gasteiger partial charge is 0.507 e. The van der Waals surface area contributed by atoms with Crippen molar-refractivity contribution in [2.45, 2.75) is 58.7 Å². The van der Waals surface area contributed by atoms with E-state index in [4.69, 9.17) is 0 Å². The fourth-order valence-corrected chi connectivity index (χ4v) is 3.53. The van der Waals surface area contributed by atoms with Crippen molar-refractivity contribution >= 4 is 15.9 Å². The van der Waals surface area contributed by atoms with E-state index in [0.717, 1.165) is 22.1 Å². The lowest BCUT2D eigenvalue weighted by molar-refractivity contribution is 0.0943. The first-order valence-corrected chi connectivity index (χ1v) is 7.52. The van der Waals surface area contributed by atoms with E-state index in [-0.39, 0.29) is 0 Å². The molecule has 0 aromatic heterocycles. The molecule has 0 saturated carbocycles. The van der Waals surface area contributed by atoms with Gasteiger partial charge in [0.25, 0.3) is 0 Å². The minimum absolute atomic E-state index is 0.447. The van der Waals surface area contributed by atoms with Gasteiger partial charge in [-0.1, -0.05) is 22.4 Å². The normalized spacial score (nSPS) is 25.3. The monoisotopic (exact) mass is 311 g/mol. The molecule has 1 N–H and O–H groups in total. The first kappa shape index (κ1) is 13.9. The predicted molar refractivity (Wildman–Crippen MR) is 78.9 cm³/mol. The van der Waals surface area contributed by atoms with E-state index < -0.39 is 0 Å². The van der Waals surface area contributed by atoms with Gasteiger partial charge >= 0.3 is 0 Å². The zero-order valence-corrected chi connectivity index (χ0v) is 13.0. The van der Waals surface area contributed by atoms with E-state index >= 15 is 0 Å². The molecule has 2 rings (SSSR count). The van der Waals surface area contributed by atoms with Gasteiger partial charge in [0, 0.05) is 28.7 Å². The molecule has 1 aromatic carbocycles. The Morgan fingerprint density at radius 3 is 2.50 bits per heavy atom. The maximum Gasteiger partial charge on any atom is 0.123 e. The molecule has 1 heterocycles. The van der Waals surface area contributed by atoms with Crippen molar-refractivity contribution in [2.24, 2.45) is 0 Å². The van der Waals surface area contributed by atoms with Crippen molar-refractivity contribution in [1.29, 1.82) is 0 Å². The Labute approximate surface area is 118 Å². The highest BCUT2D eigenvalue weighted by Gasteiger charge is 2.25. The molecule has 0 spiro atoms. The van der Waals surface area contributed by atoms with E-state index in [1.165, 1.54) is 19.3 Å². The molecule has 1 saturated heterocycles. The van der Waals surface area contributed by atoms with Gasteiger partial charge in [0.05, 0.1) is 0 Å². The summed E-state index contributed by atoms with van der Waals surface area (Å²) in [4.78, 5) is 2.50. The summed E-state index contributed by atoms with van der Waals surface area (Å²) in [6.07, 6.45) is 3.85. The third-order valence-electron chi connectivity index (χ3n) is 4.07. The van der Waals surface area contributed by atoms with Crippen LogP contribution >= 0.6 is 15.9 Å². The molecule has 0 amide bonds. The van der Waals surface area contributed by atoms with Crippen LogP contribution in [0.2, 0.25) is 0 Å². The Morgan fingerprint density at radius 1 is 1.28 bits per heavy atom. The molecule has 3 heteroatoms. The average molecular weight is 312 g/mol. The summed E-state index contributed by atoms with van der Waals surface area (Å²) in [5.41, 5.74) is 1.97. The van der Waals surface area contributed by atoms with Crippen molar-refractivity contribution in [3.05, 3.63) is 27.7 Å². The fourth-order valence-electron chi connectivity index (χ4n) is 2.91. The standard InChI is InChI=1S/C15H22BrNO/c1-10-7-14(16)8-13(15(10)18)9-17-11(2)5-4-6-12(17)3/h7-8,11-12,18H,4-6,9H2,1-3H3. The van der Waals surface area contributed by atoms with Crippen molar-refractivity contribution in [3.63, 3.8) is 0 Å². The summed E-state index contributed by atoms with van der Waals surface area (Å²) < 4.78 is 1.05. The van der Waals surface area contributed by atoms with E-state index in [9.17, 15) is 5.11 Å². The molecular formula is C15H22BrNO. The first-order valence-electron chi connectivity index (χ1n) is 6.72. The van der Waals surface area contributed by atoms with Crippen LogP contribution in [0.25, 0.3) is 0 Å². The quantitative estimate of drug-likeness (QED) is 0.883. The van der Waals surface area contributed by atoms with Crippen LogP contribution in [0.4, 0.5) is 0 Å². The van der Waals surface area contributed by atoms with Crippen LogP contribution in [0.3, 0.4) is 0 Å². The Kier molecular flexibility index (Phi) is 4.33. The third-order valence-corrected chi connectivity index (χ3v) is 4.53. The maximum absolute atomic E-state index is 10.2. The van der Waals surface area contributed by atoms with E-state index in [1.807, 2.05) is 19.1 Å². The Morgan fingerprint density at radius 2 is 1.89 bits per heavy atom. The summed E-state index contributed by atoms with van der Waals surface area (Å²) in [6.45, 7) is 7.37. The van der Waals surface area contributed by atoms with Gasteiger partial charge in [-0.05, 0) is 51.3 Å². The zero-order valence-electron chi connectivity index (χ0n) is 11.4. The second kappa shape index (κ2) is 5.62. The number of hydrogen-bond donors (Lipinski definition) is 1. The van der Waals surface area contributed by atoms with Crippen LogP contribution in [0.5, 0.6) is 5.75 Å². The molecule has 0 bridgehead atoms. The highest BCUT2D eigenvalue weighted by Crippen LogP contribution is 2.31. The van der Waals surface area contributed by atoms with E-state index in [2.05, 4.69) is 34.7 Å². The summed E-state index contributed by atoms with van der Waals surface area (Å²) in [7, 11) is 0. The Bertz CT molecular complexity index is 423. The molecule has 0 aliphatic carbocycles. The second-order valence-electron chi connectivity index (χ2n) is 5.53. The van der Waals surface area contributed by atoms with Gasteiger partial charge in [0.1, 0.15) is 5.75 Å². The number of hydrogen-bond acceptors (Lipinski definition) is 2. The third kappa shape index (κ3) is 2.89. The molecule has 100 valence electrons. The fraction of sp³-hybridized carbons (Fsp3) is 0.600. The number of aryl methyl sites for hydroxylation is 1. The minimum Gasteiger partial charge on any atom is -0.507 e. The summed E-state index contributed by atoms with van der Waals surface area (Å²) >= 11 is 3.51. The average Bonchev–Trinajstić information content (AvgIpc) is 2.30. The number of likely N-dealkylation sites (tertiary alicyclic amines) is 1. The number of piperidine rings is 1. The van der Waals surface area contributed by atoms with Gasteiger partial charge < -0.3 is 5.11 Å². The number of halogens is 1. The zero-order chi connectivity index (χ0) is 13.3. The van der Waals surface area contributed by atoms with Gasteiger partial charge in [-0.25, -0.2) is 0 Å².